The van der Waals surface area contributed by atoms with Crippen LogP contribution in [0.25, 0.3) is 11.1 Å². The number of halogens is 1. The molecule has 21 heavy (non-hydrogen) atoms. The van der Waals surface area contributed by atoms with E-state index in [1.54, 1.807) is 33.5 Å². The summed E-state index contributed by atoms with van der Waals surface area (Å²) in [5.74, 6) is 1.36. The average Bonchev–Trinajstić information content (AvgIpc) is 2.53. The molecule has 0 unspecified atom stereocenters. The molecule has 0 fully saturated rings. The highest BCUT2D eigenvalue weighted by Gasteiger charge is 2.15. The van der Waals surface area contributed by atoms with Crippen molar-refractivity contribution in [1.29, 1.82) is 0 Å². The molecule has 4 nitrogen and oxygen atoms in total. The first-order valence-corrected chi connectivity index (χ1v) is 6.43. The van der Waals surface area contributed by atoms with Gasteiger partial charge >= 0.3 is 0 Å². The molecule has 0 saturated carbocycles. The fraction of sp³-hybridized carbons (Fsp3) is 0.250. The predicted octanol–water partition coefficient (Wildman–Crippen LogP) is 2.98. The van der Waals surface area contributed by atoms with E-state index in [0.717, 1.165) is 11.1 Å². The van der Waals surface area contributed by atoms with Crippen LogP contribution in [0.3, 0.4) is 0 Å². The molecule has 2 aromatic rings. The van der Waals surface area contributed by atoms with E-state index in [9.17, 15) is 4.39 Å². The van der Waals surface area contributed by atoms with Gasteiger partial charge in [0, 0.05) is 17.7 Å². The molecule has 2 N–H and O–H groups in total. The Kier molecular flexibility index (Phi) is 4.65. The second-order valence-electron chi connectivity index (χ2n) is 4.42. The third-order valence-electron chi connectivity index (χ3n) is 3.25. The molecule has 0 aliphatic heterocycles. The second kappa shape index (κ2) is 6.45. The summed E-state index contributed by atoms with van der Waals surface area (Å²) in [6, 6.07) is 7.98. The number of hydrogen-bond donors (Lipinski definition) is 1. The van der Waals surface area contributed by atoms with Crippen LogP contribution in [0.5, 0.6) is 17.2 Å². The minimum absolute atomic E-state index is 0.283. The number of methoxy groups -OCH3 is 3. The van der Waals surface area contributed by atoms with Crippen molar-refractivity contribution in [1.82, 2.24) is 0 Å². The van der Waals surface area contributed by atoms with E-state index in [1.165, 1.54) is 12.1 Å². The van der Waals surface area contributed by atoms with Gasteiger partial charge in [0.2, 0.25) is 0 Å². The zero-order chi connectivity index (χ0) is 15.4. The summed E-state index contributed by atoms with van der Waals surface area (Å²) in [5.41, 5.74) is 7.92. The molecule has 0 amide bonds. The molecule has 0 atom stereocenters. The van der Waals surface area contributed by atoms with Gasteiger partial charge in [0.1, 0.15) is 11.6 Å². The lowest BCUT2D eigenvalue weighted by atomic mass is 10.0. The number of rotatable bonds is 5. The van der Waals surface area contributed by atoms with Crippen LogP contribution in [-0.2, 0) is 6.54 Å². The highest BCUT2D eigenvalue weighted by atomic mass is 19.1. The van der Waals surface area contributed by atoms with Crippen LogP contribution in [0.1, 0.15) is 5.56 Å². The molecule has 0 aromatic heterocycles. The summed E-state index contributed by atoms with van der Waals surface area (Å²) in [6.45, 7) is 0.283. The van der Waals surface area contributed by atoms with Crippen LogP contribution in [0.4, 0.5) is 4.39 Å². The first kappa shape index (κ1) is 15.1. The number of benzene rings is 2. The van der Waals surface area contributed by atoms with Crippen LogP contribution >= 0.6 is 0 Å². The summed E-state index contributed by atoms with van der Waals surface area (Å²) < 4.78 is 29.5. The molecule has 0 aliphatic carbocycles. The standard InChI is InChI=1S/C16H18FNO3/c1-19-14-5-4-12(17)8-13(14)10-6-11(9-18)16(21-3)15(7-10)20-2/h4-8H,9,18H2,1-3H3. The lowest BCUT2D eigenvalue weighted by Crippen LogP contribution is -2.02. The van der Waals surface area contributed by atoms with Crippen molar-refractivity contribution in [2.24, 2.45) is 5.73 Å². The Morgan fingerprint density at radius 2 is 1.67 bits per heavy atom. The minimum atomic E-state index is -0.338. The normalized spacial score (nSPS) is 10.3. The first-order chi connectivity index (χ1) is 10.1. The van der Waals surface area contributed by atoms with Gasteiger partial charge in [-0.25, -0.2) is 4.39 Å². The van der Waals surface area contributed by atoms with Crippen molar-refractivity contribution in [3.63, 3.8) is 0 Å². The van der Waals surface area contributed by atoms with Gasteiger partial charge in [-0.05, 0) is 35.9 Å². The maximum atomic E-state index is 13.5. The summed E-state index contributed by atoms with van der Waals surface area (Å²) in [6.07, 6.45) is 0. The lowest BCUT2D eigenvalue weighted by molar-refractivity contribution is 0.352. The molecule has 0 radical (unpaired) electrons. The Morgan fingerprint density at radius 1 is 0.952 bits per heavy atom. The largest absolute Gasteiger partial charge is 0.496 e. The van der Waals surface area contributed by atoms with Gasteiger partial charge in [0.15, 0.2) is 11.5 Å². The minimum Gasteiger partial charge on any atom is -0.496 e. The van der Waals surface area contributed by atoms with Crippen molar-refractivity contribution in [3.8, 4) is 28.4 Å². The van der Waals surface area contributed by atoms with Crippen LogP contribution in [0, 0.1) is 5.82 Å². The number of ether oxygens (including phenoxy) is 3. The van der Waals surface area contributed by atoms with E-state index >= 15 is 0 Å². The van der Waals surface area contributed by atoms with Gasteiger partial charge in [-0.3, -0.25) is 0 Å². The van der Waals surface area contributed by atoms with Crippen LogP contribution < -0.4 is 19.9 Å². The summed E-state index contributed by atoms with van der Waals surface area (Å²) in [7, 11) is 4.64. The highest BCUT2D eigenvalue weighted by Crippen LogP contribution is 2.39. The van der Waals surface area contributed by atoms with Gasteiger partial charge in [-0.2, -0.15) is 0 Å². The van der Waals surface area contributed by atoms with E-state index in [4.69, 9.17) is 19.9 Å². The molecule has 0 aliphatic rings. The topological polar surface area (TPSA) is 53.7 Å². The molecule has 0 bridgehead atoms. The van der Waals surface area contributed by atoms with Crippen molar-refractivity contribution in [2.75, 3.05) is 21.3 Å². The van der Waals surface area contributed by atoms with E-state index in [2.05, 4.69) is 0 Å². The molecule has 2 aromatic carbocycles. The van der Waals surface area contributed by atoms with Crippen molar-refractivity contribution >= 4 is 0 Å². The SMILES string of the molecule is COc1ccc(F)cc1-c1cc(CN)c(OC)c(OC)c1. The summed E-state index contributed by atoms with van der Waals surface area (Å²) in [4.78, 5) is 0. The fourth-order valence-electron chi connectivity index (χ4n) is 2.26. The van der Waals surface area contributed by atoms with Gasteiger partial charge in [0.05, 0.1) is 21.3 Å². The summed E-state index contributed by atoms with van der Waals surface area (Å²) in [5, 5.41) is 0. The fourth-order valence-corrected chi connectivity index (χ4v) is 2.26. The zero-order valence-electron chi connectivity index (χ0n) is 12.3. The molecule has 5 heteroatoms. The molecule has 112 valence electrons. The molecular formula is C16H18FNO3. The highest BCUT2D eigenvalue weighted by molar-refractivity contribution is 5.74. The van der Waals surface area contributed by atoms with Crippen LogP contribution in [0.15, 0.2) is 30.3 Å². The Labute approximate surface area is 123 Å². The van der Waals surface area contributed by atoms with E-state index in [0.29, 0.717) is 22.8 Å². The first-order valence-electron chi connectivity index (χ1n) is 6.43. The quantitative estimate of drug-likeness (QED) is 0.920. The predicted molar refractivity (Wildman–Crippen MR) is 79.4 cm³/mol. The third kappa shape index (κ3) is 2.92. The Hall–Kier alpha value is -2.27. The molecule has 0 heterocycles. The maximum Gasteiger partial charge on any atom is 0.165 e. The van der Waals surface area contributed by atoms with Crippen molar-refractivity contribution in [3.05, 3.63) is 41.7 Å². The van der Waals surface area contributed by atoms with Crippen molar-refractivity contribution in [2.45, 2.75) is 6.54 Å². The Morgan fingerprint density at radius 3 is 2.24 bits per heavy atom. The number of hydrogen-bond acceptors (Lipinski definition) is 4. The van der Waals surface area contributed by atoms with E-state index in [1.807, 2.05) is 6.07 Å². The zero-order valence-corrected chi connectivity index (χ0v) is 12.3. The average molecular weight is 291 g/mol. The van der Waals surface area contributed by atoms with Gasteiger partial charge in [0.25, 0.3) is 0 Å². The van der Waals surface area contributed by atoms with Crippen LogP contribution in [0.2, 0.25) is 0 Å². The molecule has 2 rings (SSSR count). The second-order valence-corrected chi connectivity index (χ2v) is 4.42. The van der Waals surface area contributed by atoms with E-state index < -0.39 is 0 Å². The third-order valence-corrected chi connectivity index (χ3v) is 3.25. The van der Waals surface area contributed by atoms with Crippen molar-refractivity contribution < 1.29 is 18.6 Å². The molecular weight excluding hydrogens is 273 g/mol. The summed E-state index contributed by atoms with van der Waals surface area (Å²) >= 11 is 0. The monoisotopic (exact) mass is 291 g/mol. The van der Waals surface area contributed by atoms with Crippen LogP contribution in [-0.4, -0.2) is 21.3 Å². The maximum absolute atomic E-state index is 13.5. The lowest BCUT2D eigenvalue weighted by Gasteiger charge is -2.15. The smallest absolute Gasteiger partial charge is 0.165 e. The van der Waals surface area contributed by atoms with Gasteiger partial charge < -0.3 is 19.9 Å². The molecule has 0 spiro atoms. The van der Waals surface area contributed by atoms with E-state index in [-0.39, 0.29) is 12.4 Å². The van der Waals surface area contributed by atoms with Gasteiger partial charge in [-0.15, -0.1) is 0 Å². The van der Waals surface area contributed by atoms with Gasteiger partial charge in [-0.1, -0.05) is 0 Å². The number of nitrogens with two attached hydrogens (primary N) is 1. The Bertz CT molecular complexity index is 618. The molecule has 0 saturated heterocycles. The Balaban J connectivity index is 2.67.